The first-order valence-corrected chi connectivity index (χ1v) is 16.4. The van der Waals surface area contributed by atoms with Crippen molar-refractivity contribution in [3.05, 3.63) is 130 Å². The fourth-order valence-electron chi connectivity index (χ4n) is 4.86. The van der Waals surface area contributed by atoms with Crippen molar-refractivity contribution in [1.29, 1.82) is 0 Å². The van der Waals surface area contributed by atoms with Crippen LogP contribution in [-0.2, 0) is 32.6 Å². The van der Waals surface area contributed by atoms with Gasteiger partial charge in [-0.05, 0) is 72.9 Å². The van der Waals surface area contributed by atoms with E-state index >= 15 is 0 Å². The van der Waals surface area contributed by atoms with Gasteiger partial charge >= 0.3 is 0 Å². The third-order valence-electron chi connectivity index (χ3n) is 7.51. The highest BCUT2D eigenvalue weighted by Crippen LogP contribution is 2.27. The number of benzene rings is 4. The Morgan fingerprint density at radius 1 is 0.841 bits per heavy atom. The van der Waals surface area contributed by atoms with Gasteiger partial charge in [0.05, 0.1) is 10.6 Å². The molecule has 0 aliphatic heterocycles. The summed E-state index contributed by atoms with van der Waals surface area (Å²) >= 11 is 6.54. The van der Waals surface area contributed by atoms with Crippen LogP contribution in [0.3, 0.4) is 0 Å². The maximum Gasteiger partial charge on any atom is 0.264 e. The van der Waals surface area contributed by atoms with Crippen LogP contribution in [-0.4, -0.2) is 44.3 Å². The van der Waals surface area contributed by atoms with Crippen molar-refractivity contribution in [3.8, 4) is 0 Å². The Bertz CT molecular complexity index is 1680. The summed E-state index contributed by atoms with van der Waals surface area (Å²) in [7, 11) is -4.15. The molecule has 1 atom stereocenters. The van der Waals surface area contributed by atoms with Crippen molar-refractivity contribution in [2.24, 2.45) is 0 Å². The van der Waals surface area contributed by atoms with Crippen molar-refractivity contribution < 1.29 is 18.0 Å². The van der Waals surface area contributed by atoms with Crippen LogP contribution in [0.25, 0.3) is 0 Å². The maximum atomic E-state index is 14.5. The second-order valence-electron chi connectivity index (χ2n) is 10.7. The first-order chi connectivity index (χ1) is 21.1. The molecular formula is C35H38ClN3O4S. The van der Waals surface area contributed by atoms with Gasteiger partial charge in [0.1, 0.15) is 12.6 Å². The normalized spacial score (nSPS) is 11.9. The highest BCUT2D eigenvalue weighted by molar-refractivity contribution is 7.92. The summed E-state index contributed by atoms with van der Waals surface area (Å²) in [6, 6.07) is 29.0. The summed E-state index contributed by atoms with van der Waals surface area (Å²) in [5.74, 6) is -0.852. The third kappa shape index (κ3) is 8.07. The maximum absolute atomic E-state index is 14.5. The summed E-state index contributed by atoms with van der Waals surface area (Å²) in [4.78, 5) is 29.7. The number of anilines is 1. The number of sulfonamides is 1. The number of halogens is 1. The number of carbonyl (C=O) groups excluding carboxylic acids is 2. The molecule has 4 aromatic rings. The number of rotatable bonds is 13. The summed E-state index contributed by atoms with van der Waals surface area (Å²) in [5, 5.41) is 3.39. The van der Waals surface area contributed by atoms with Crippen molar-refractivity contribution in [2.75, 3.05) is 17.4 Å². The van der Waals surface area contributed by atoms with E-state index in [0.717, 1.165) is 27.4 Å². The van der Waals surface area contributed by atoms with E-state index in [2.05, 4.69) is 5.32 Å². The van der Waals surface area contributed by atoms with E-state index in [4.69, 9.17) is 11.6 Å². The number of nitrogens with zero attached hydrogens (tertiary/aromatic N) is 2. The minimum atomic E-state index is -4.15. The Morgan fingerprint density at radius 3 is 2.11 bits per heavy atom. The van der Waals surface area contributed by atoms with Crippen LogP contribution in [0.2, 0.25) is 5.02 Å². The lowest BCUT2D eigenvalue weighted by atomic mass is 10.0. The molecule has 44 heavy (non-hydrogen) atoms. The Kier molecular flexibility index (Phi) is 11.2. The molecule has 0 aliphatic rings. The van der Waals surface area contributed by atoms with Gasteiger partial charge in [-0.25, -0.2) is 8.42 Å². The van der Waals surface area contributed by atoms with Crippen molar-refractivity contribution in [3.63, 3.8) is 0 Å². The molecule has 1 N–H and O–H groups in total. The molecule has 0 heterocycles. The van der Waals surface area contributed by atoms with E-state index in [1.165, 1.54) is 17.0 Å². The van der Waals surface area contributed by atoms with Gasteiger partial charge in [-0.1, -0.05) is 91.3 Å². The monoisotopic (exact) mass is 631 g/mol. The predicted octanol–water partition coefficient (Wildman–Crippen LogP) is 6.32. The lowest BCUT2D eigenvalue weighted by molar-refractivity contribution is -0.140. The van der Waals surface area contributed by atoms with Gasteiger partial charge in [-0.3, -0.25) is 13.9 Å². The zero-order valence-electron chi connectivity index (χ0n) is 25.2. The molecular weight excluding hydrogens is 594 g/mol. The molecule has 0 fully saturated rings. The van der Waals surface area contributed by atoms with Gasteiger partial charge in [0.2, 0.25) is 11.8 Å². The van der Waals surface area contributed by atoms with Crippen LogP contribution in [0.1, 0.15) is 35.6 Å². The second-order valence-corrected chi connectivity index (χ2v) is 13.0. The molecule has 4 aromatic carbocycles. The zero-order valence-corrected chi connectivity index (χ0v) is 26.8. The molecule has 0 unspecified atom stereocenters. The summed E-state index contributed by atoms with van der Waals surface area (Å²) < 4.78 is 29.3. The van der Waals surface area contributed by atoms with Crippen LogP contribution in [0.4, 0.5) is 5.69 Å². The number of nitrogens with one attached hydrogen (secondary N) is 1. The number of hydrogen-bond donors (Lipinski definition) is 1. The molecule has 0 aliphatic carbocycles. The number of aryl methyl sites for hydroxylation is 2. The largest absolute Gasteiger partial charge is 0.354 e. The Hall–Kier alpha value is -4.14. The molecule has 0 aromatic heterocycles. The van der Waals surface area contributed by atoms with Crippen LogP contribution >= 0.6 is 11.6 Å². The minimum Gasteiger partial charge on any atom is -0.354 e. The Morgan fingerprint density at radius 2 is 1.48 bits per heavy atom. The molecule has 2 amide bonds. The Labute approximate surface area is 265 Å². The molecule has 7 nitrogen and oxygen atoms in total. The average Bonchev–Trinajstić information content (AvgIpc) is 3.03. The molecule has 0 spiro atoms. The van der Waals surface area contributed by atoms with Gasteiger partial charge in [0.15, 0.2) is 0 Å². The van der Waals surface area contributed by atoms with Gasteiger partial charge in [0.25, 0.3) is 10.0 Å². The molecule has 230 valence electrons. The van der Waals surface area contributed by atoms with Crippen molar-refractivity contribution in [2.45, 2.75) is 51.1 Å². The summed E-state index contributed by atoms with van der Waals surface area (Å²) in [5.41, 5.74) is 3.75. The van der Waals surface area contributed by atoms with E-state index in [0.29, 0.717) is 22.8 Å². The summed E-state index contributed by atoms with van der Waals surface area (Å²) in [6.45, 7) is 5.73. The zero-order chi connectivity index (χ0) is 31.7. The lowest BCUT2D eigenvalue weighted by Crippen LogP contribution is -2.53. The molecule has 0 saturated carbocycles. The minimum absolute atomic E-state index is 0.0156. The highest BCUT2D eigenvalue weighted by Gasteiger charge is 2.34. The first kappa shape index (κ1) is 32.8. The number of carbonyl (C=O) groups is 2. The van der Waals surface area contributed by atoms with Gasteiger partial charge in [-0.2, -0.15) is 0 Å². The van der Waals surface area contributed by atoms with Crippen LogP contribution in [0, 0.1) is 13.8 Å². The lowest BCUT2D eigenvalue weighted by Gasteiger charge is -2.34. The molecule has 0 bridgehead atoms. The average molecular weight is 632 g/mol. The van der Waals surface area contributed by atoms with Crippen molar-refractivity contribution in [1.82, 2.24) is 10.2 Å². The highest BCUT2D eigenvalue weighted by atomic mass is 35.5. The fourth-order valence-corrected chi connectivity index (χ4v) is 6.48. The third-order valence-corrected chi connectivity index (χ3v) is 9.66. The Balaban J connectivity index is 1.81. The van der Waals surface area contributed by atoms with E-state index in [1.807, 2.05) is 63.2 Å². The van der Waals surface area contributed by atoms with Crippen LogP contribution < -0.4 is 9.62 Å². The van der Waals surface area contributed by atoms with Gasteiger partial charge in [-0.15, -0.1) is 0 Å². The van der Waals surface area contributed by atoms with E-state index in [9.17, 15) is 18.0 Å². The number of hydrogen-bond acceptors (Lipinski definition) is 4. The molecule has 9 heteroatoms. The topological polar surface area (TPSA) is 86.8 Å². The molecule has 0 radical (unpaired) electrons. The van der Waals surface area contributed by atoms with E-state index in [-0.39, 0.29) is 23.8 Å². The van der Waals surface area contributed by atoms with Crippen LogP contribution in [0.15, 0.2) is 108 Å². The standard InChI is InChI=1S/C35H38ClN3O4S/c1-4-21-37-35(41)33(23-28-13-7-5-8-14-28)38(24-29-15-11-12-18-32(29)36)34(40)25-39(30-20-19-26(2)27(3)22-30)44(42,43)31-16-9-6-10-17-31/h5-20,22,33H,4,21,23-25H2,1-3H3,(H,37,41)/t33-/m1/s1. The second kappa shape index (κ2) is 15.0. The molecule has 0 saturated heterocycles. The van der Waals surface area contributed by atoms with Crippen molar-refractivity contribution >= 4 is 39.1 Å². The smallest absolute Gasteiger partial charge is 0.264 e. The first-order valence-electron chi connectivity index (χ1n) is 14.6. The number of amides is 2. The quantitative estimate of drug-likeness (QED) is 0.187. The molecule has 4 rings (SSSR count). The van der Waals surface area contributed by atoms with Gasteiger partial charge < -0.3 is 10.2 Å². The van der Waals surface area contributed by atoms with Gasteiger partial charge in [0, 0.05) is 24.5 Å². The SMILES string of the molecule is CCCNC(=O)[C@@H](Cc1ccccc1)N(Cc1ccccc1Cl)C(=O)CN(c1ccc(C)c(C)c1)S(=O)(=O)c1ccccc1. The fraction of sp³-hybridized carbons (Fsp3) is 0.257. The van der Waals surface area contributed by atoms with E-state index < -0.39 is 28.5 Å². The predicted molar refractivity (Wildman–Crippen MR) is 176 cm³/mol. The van der Waals surface area contributed by atoms with Crippen LogP contribution in [0.5, 0.6) is 0 Å². The summed E-state index contributed by atoms with van der Waals surface area (Å²) in [6.07, 6.45) is 0.958. The van der Waals surface area contributed by atoms with E-state index in [1.54, 1.807) is 48.5 Å².